The summed E-state index contributed by atoms with van der Waals surface area (Å²) in [5.74, 6) is 3.10. The van der Waals surface area contributed by atoms with Crippen molar-refractivity contribution in [2.75, 3.05) is 44.0 Å². The lowest BCUT2D eigenvalue weighted by atomic mass is 9.87. The predicted molar refractivity (Wildman–Crippen MR) is 165 cm³/mol. The summed E-state index contributed by atoms with van der Waals surface area (Å²) in [7, 11) is 2.14. The zero-order chi connectivity index (χ0) is 28.7. The number of aromatic nitrogens is 6. The van der Waals surface area contributed by atoms with Crippen molar-refractivity contribution in [1.82, 2.24) is 39.6 Å². The number of hydrogen-bond donors (Lipinski definition) is 3. The fourth-order valence-corrected chi connectivity index (χ4v) is 5.02. The Bertz CT molecular complexity index is 1690. The molecule has 5 aromatic rings. The van der Waals surface area contributed by atoms with Crippen molar-refractivity contribution < 1.29 is 0 Å². The molecule has 6 rings (SSSR count). The fraction of sp³-hybridized carbons (Fsp3) is 0.355. The highest BCUT2D eigenvalue weighted by atomic mass is 15.5. The smallest absolute Gasteiger partial charge is 0.161 e. The summed E-state index contributed by atoms with van der Waals surface area (Å²) in [6.45, 7) is 14.6. The average molecular weight is 551 g/mol. The van der Waals surface area contributed by atoms with E-state index in [-0.39, 0.29) is 5.41 Å². The van der Waals surface area contributed by atoms with E-state index in [1.165, 1.54) is 5.56 Å². The van der Waals surface area contributed by atoms with E-state index in [9.17, 15) is 0 Å². The summed E-state index contributed by atoms with van der Waals surface area (Å²) < 4.78 is 1.83. The summed E-state index contributed by atoms with van der Waals surface area (Å²) >= 11 is 0. The molecule has 0 aliphatic carbocycles. The van der Waals surface area contributed by atoms with Gasteiger partial charge in [-0.15, -0.1) is 0 Å². The number of likely N-dealkylation sites (N-methyl/N-ethyl adjacent to an activating group) is 1. The Morgan fingerprint density at radius 2 is 1.71 bits per heavy atom. The van der Waals surface area contributed by atoms with Gasteiger partial charge in [-0.1, -0.05) is 39.0 Å². The number of benzene rings is 2. The van der Waals surface area contributed by atoms with E-state index in [1.807, 2.05) is 23.7 Å². The molecule has 1 aliphatic heterocycles. The number of rotatable bonds is 6. The average Bonchev–Trinajstić information content (AvgIpc) is 3.53. The molecule has 3 N–H and O–H groups in total. The Morgan fingerprint density at radius 1 is 0.902 bits per heavy atom. The first kappa shape index (κ1) is 26.9. The summed E-state index contributed by atoms with van der Waals surface area (Å²) in [5, 5.41) is 10.5. The van der Waals surface area contributed by atoms with E-state index in [0.29, 0.717) is 5.82 Å². The summed E-state index contributed by atoms with van der Waals surface area (Å²) in [5.41, 5.74) is 10.8. The van der Waals surface area contributed by atoms with E-state index >= 15 is 0 Å². The Labute approximate surface area is 240 Å². The molecule has 0 unspecified atom stereocenters. The molecule has 41 heavy (non-hydrogen) atoms. The molecule has 1 saturated heterocycles. The van der Waals surface area contributed by atoms with Gasteiger partial charge < -0.3 is 20.6 Å². The van der Waals surface area contributed by atoms with E-state index in [2.05, 4.69) is 107 Å². The van der Waals surface area contributed by atoms with Crippen LogP contribution in [-0.4, -0.2) is 72.9 Å². The number of imidazole rings is 1. The minimum Gasteiger partial charge on any atom is -0.340 e. The summed E-state index contributed by atoms with van der Waals surface area (Å²) in [4.78, 5) is 19.7. The van der Waals surface area contributed by atoms with Crippen molar-refractivity contribution in [2.24, 2.45) is 0 Å². The third kappa shape index (κ3) is 5.79. The van der Waals surface area contributed by atoms with Crippen LogP contribution in [-0.2, 0) is 5.41 Å². The number of hydrogen-bond acceptors (Lipinski definition) is 8. The van der Waals surface area contributed by atoms with Crippen molar-refractivity contribution in [3.05, 3.63) is 71.7 Å². The van der Waals surface area contributed by atoms with E-state index in [4.69, 9.17) is 10.1 Å². The Morgan fingerprint density at radius 3 is 2.49 bits per heavy atom. The second-order valence-electron chi connectivity index (χ2n) is 12.0. The van der Waals surface area contributed by atoms with Crippen molar-refractivity contribution in [2.45, 2.75) is 40.0 Å². The second kappa shape index (κ2) is 10.6. The van der Waals surface area contributed by atoms with Crippen LogP contribution in [0, 0.1) is 13.8 Å². The number of piperazine rings is 1. The third-order valence-corrected chi connectivity index (χ3v) is 7.60. The van der Waals surface area contributed by atoms with Gasteiger partial charge >= 0.3 is 0 Å². The zero-order valence-electron chi connectivity index (χ0n) is 24.7. The molecule has 10 heteroatoms. The monoisotopic (exact) mass is 550 g/mol. The lowest BCUT2D eigenvalue weighted by Gasteiger charge is -2.32. The van der Waals surface area contributed by atoms with Gasteiger partial charge in [0.25, 0.3) is 0 Å². The summed E-state index contributed by atoms with van der Waals surface area (Å²) in [6.07, 6.45) is 1.58. The lowest BCUT2D eigenvalue weighted by Crippen LogP contribution is -2.47. The van der Waals surface area contributed by atoms with Crippen LogP contribution in [0.4, 0.5) is 17.3 Å². The maximum atomic E-state index is 4.88. The molecule has 4 heterocycles. The Kier molecular flexibility index (Phi) is 6.96. The molecule has 0 amide bonds. The van der Waals surface area contributed by atoms with Crippen LogP contribution in [0.5, 0.6) is 0 Å². The molecule has 1 aliphatic rings. The highest BCUT2D eigenvalue weighted by Gasteiger charge is 2.18. The van der Waals surface area contributed by atoms with Gasteiger partial charge in [0.05, 0.1) is 16.7 Å². The molecule has 0 saturated carbocycles. The molecule has 0 spiro atoms. The standard InChI is InChI=1S/C31H38N10/c1-20-7-8-22(30-35-24-10-9-23(31(3,4)5)17-26(24)36-30)16-25(20)34-29-15-21(2)37-41(29)28-18-27(32-19-33-28)38-40-13-11-39(6)12-14-40/h7-10,15-19,34H,11-14H2,1-6H3,(H,35,36)(H,32,33,38). The number of fused-ring (bicyclic) bond motifs is 1. The van der Waals surface area contributed by atoms with Gasteiger partial charge in [0.2, 0.25) is 0 Å². The predicted octanol–water partition coefficient (Wildman–Crippen LogP) is 5.44. The second-order valence-corrected chi connectivity index (χ2v) is 12.0. The number of anilines is 3. The van der Waals surface area contributed by atoms with Gasteiger partial charge in [-0.25, -0.2) is 20.0 Å². The molecule has 212 valence electrons. The van der Waals surface area contributed by atoms with Crippen LogP contribution in [0.3, 0.4) is 0 Å². The number of aromatic amines is 1. The van der Waals surface area contributed by atoms with E-state index in [0.717, 1.165) is 77.2 Å². The van der Waals surface area contributed by atoms with Crippen LogP contribution in [0.25, 0.3) is 28.2 Å². The van der Waals surface area contributed by atoms with Gasteiger partial charge in [-0.3, -0.25) is 0 Å². The molecule has 0 radical (unpaired) electrons. The third-order valence-electron chi connectivity index (χ3n) is 7.60. The van der Waals surface area contributed by atoms with Crippen LogP contribution in [0.1, 0.15) is 37.6 Å². The number of aryl methyl sites for hydroxylation is 2. The number of hydrazine groups is 1. The van der Waals surface area contributed by atoms with Gasteiger partial charge in [-0.05, 0) is 55.6 Å². The van der Waals surface area contributed by atoms with Gasteiger partial charge in [0.1, 0.15) is 23.8 Å². The maximum Gasteiger partial charge on any atom is 0.161 e. The Balaban J connectivity index is 1.27. The molecule has 10 nitrogen and oxygen atoms in total. The maximum absolute atomic E-state index is 4.88. The molecule has 1 fully saturated rings. The number of H-pyrrole nitrogens is 1. The highest BCUT2D eigenvalue weighted by molar-refractivity contribution is 5.81. The van der Waals surface area contributed by atoms with Crippen LogP contribution in [0.2, 0.25) is 0 Å². The van der Waals surface area contributed by atoms with Crippen LogP contribution in [0.15, 0.2) is 54.9 Å². The number of nitrogens with one attached hydrogen (secondary N) is 3. The molecular formula is C31H38N10. The first-order valence-corrected chi connectivity index (χ1v) is 14.1. The van der Waals surface area contributed by atoms with E-state index in [1.54, 1.807) is 6.33 Å². The fourth-order valence-electron chi connectivity index (χ4n) is 5.02. The first-order valence-electron chi connectivity index (χ1n) is 14.1. The molecule has 0 bridgehead atoms. The highest BCUT2D eigenvalue weighted by Crippen LogP contribution is 2.31. The number of nitrogens with zero attached hydrogens (tertiary/aromatic N) is 7. The van der Waals surface area contributed by atoms with Gasteiger partial charge in [0.15, 0.2) is 5.82 Å². The van der Waals surface area contributed by atoms with Crippen molar-refractivity contribution >= 4 is 28.4 Å². The van der Waals surface area contributed by atoms with Crippen LogP contribution >= 0.6 is 0 Å². The molecule has 3 aromatic heterocycles. The minimum absolute atomic E-state index is 0.0760. The zero-order valence-corrected chi connectivity index (χ0v) is 24.7. The SMILES string of the molecule is Cc1cc(Nc2cc(-c3nc4ccc(C(C)(C)C)cc4[nH]3)ccc2C)n(-c2cc(NN3CCN(C)CC3)ncn2)n1. The van der Waals surface area contributed by atoms with Gasteiger partial charge in [0, 0.05) is 49.6 Å². The summed E-state index contributed by atoms with van der Waals surface area (Å²) in [6, 6.07) is 16.8. The van der Waals surface area contributed by atoms with Crippen molar-refractivity contribution in [3.63, 3.8) is 0 Å². The van der Waals surface area contributed by atoms with Crippen molar-refractivity contribution in [3.8, 4) is 17.2 Å². The quantitative estimate of drug-likeness (QED) is 0.257. The van der Waals surface area contributed by atoms with E-state index < -0.39 is 0 Å². The first-order chi connectivity index (χ1) is 19.6. The molecule has 0 atom stereocenters. The van der Waals surface area contributed by atoms with Crippen molar-refractivity contribution in [1.29, 1.82) is 0 Å². The lowest BCUT2D eigenvalue weighted by molar-refractivity contribution is 0.178. The Hall–Kier alpha value is -4.28. The molecular weight excluding hydrogens is 512 g/mol. The largest absolute Gasteiger partial charge is 0.340 e. The minimum atomic E-state index is 0.0760. The normalized spacial score (nSPS) is 15.0. The van der Waals surface area contributed by atoms with Gasteiger partial charge in [-0.2, -0.15) is 9.78 Å². The van der Waals surface area contributed by atoms with Crippen LogP contribution < -0.4 is 10.7 Å². The molecule has 2 aromatic carbocycles. The topological polar surface area (TPSA) is 103 Å².